The van der Waals surface area contributed by atoms with Crippen molar-refractivity contribution in [2.75, 3.05) is 13.2 Å². The number of carboxylic acid groups (broad SMARTS) is 1. The lowest BCUT2D eigenvalue weighted by Gasteiger charge is -2.03. The van der Waals surface area contributed by atoms with Crippen molar-refractivity contribution >= 4 is 5.97 Å². The van der Waals surface area contributed by atoms with Gasteiger partial charge in [-0.15, -0.1) is 0 Å². The SMILES string of the molecule is N[C@@H](Cc1cn(OCCO)cn1)C(=O)O. The number of aliphatic hydroxyl groups is 1. The Morgan fingerprint density at radius 3 is 3.07 bits per heavy atom. The van der Waals surface area contributed by atoms with Crippen LogP contribution in [0.15, 0.2) is 12.5 Å². The Morgan fingerprint density at radius 2 is 2.47 bits per heavy atom. The molecular formula is C8H13N3O4. The summed E-state index contributed by atoms with van der Waals surface area (Å²) < 4.78 is 1.31. The maximum Gasteiger partial charge on any atom is 0.320 e. The quantitative estimate of drug-likeness (QED) is 0.519. The molecule has 0 unspecified atom stereocenters. The first-order chi connectivity index (χ1) is 7.13. The highest BCUT2D eigenvalue weighted by Gasteiger charge is 2.13. The predicted octanol–water partition coefficient (Wildman–Crippen LogP) is -1.74. The largest absolute Gasteiger partial charge is 0.480 e. The average Bonchev–Trinajstić information content (AvgIpc) is 2.62. The number of hydrogen-bond donors (Lipinski definition) is 3. The van der Waals surface area contributed by atoms with Gasteiger partial charge >= 0.3 is 5.97 Å². The molecule has 0 aliphatic carbocycles. The normalized spacial score (nSPS) is 12.4. The van der Waals surface area contributed by atoms with Crippen LogP contribution in [-0.2, 0) is 11.2 Å². The van der Waals surface area contributed by atoms with Gasteiger partial charge in [-0.05, 0) is 0 Å². The van der Waals surface area contributed by atoms with E-state index in [-0.39, 0.29) is 19.6 Å². The summed E-state index contributed by atoms with van der Waals surface area (Å²) in [6, 6.07) is -0.966. The molecule has 1 aromatic rings. The number of rotatable bonds is 6. The van der Waals surface area contributed by atoms with Crippen LogP contribution in [0.4, 0.5) is 0 Å². The second-order valence-electron chi connectivity index (χ2n) is 2.93. The van der Waals surface area contributed by atoms with Crippen molar-refractivity contribution in [2.24, 2.45) is 5.73 Å². The van der Waals surface area contributed by atoms with Gasteiger partial charge in [0.25, 0.3) is 0 Å². The number of carboxylic acids is 1. The van der Waals surface area contributed by atoms with Crippen LogP contribution in [0.2, 0.25) is 0 Å². The van der Waals surface area contributed by atoms with E-state index in [0.717, 1.165) is 0 Å². The van der Waals surface area contributed by atoms with Gasteiger partial charge in [-0.1, -0.05) is 0 Å². The van der Waals surface area contributed by atoms with E-state index in [1.54, 1.807) is 0 Å². The Morgan fingerprint density at radius 1 is 1.73 bits per heavy atom. The summed E-state index contributed by atoms with van der Waals surface area (Å²) in [6.07, 6.45) is 3.06. The Bertz CT molecular complexity index is 325. The van der Waals surface area contributed by atoms with Crippen molar-refractivity contribution in [3.8, 4) is 0 Å². The first-order valence-electron chi connectivity index (χ1n) is 4.39. The van der Waals surface area contributed by atoms with Crippen LogP contribution in [0.1, 0.15) is 5.69 Å². The van der Waals surface area contributed by atoms with E-state index in [1.807, 2.05) is 0 Å². The summed E-state index contributed by atoms with van der Waals surface area (Å²) in [4.78, 5) is 19.4. The fourth-order valence-corrected chi connectivity index (χ4v) is 0.979. The standard InChI is InChI=1S/C8H13N3O4/c9-7(8(13)14)3-6-4-11(5-10-6)15-2-1-12/h4-5,7,12H,1-3,9H2,(H,13,14)/t7-/m0/s1. The Balaban J connectivity index is 2.49. The van der Waals surface area contributed by atoms with Crippen LogP contribution >= 0.6 is 0 Å². The summed E-state index contributed by atoms with van der Waals surface area (Å²) in [5, 5.41) is 17.1. The smallest absolute Gasteiger partial charge is 0.320 e. The molecule has 0 bridgehead atoms. The molecule has 0 amide bonds. The molecule has 0 radical (unpaired) electrons. The second kappa shape index (κ2) is 5.32. The number of aromatic nitrogens is 2. The Labute approximate surface area is 86.1 Å². The number of carbonyl (C=O) groups is 1. The molecule has 0 aliphatic heterocycles. The molecule has 1 atom stereocenters. The number of nitrogens with two attached hydrogens (primary N) is 1. The zero-order valence-electron chi connectivity index (χ0n) is 8.04. The van der Waals surface area contributed by atoms with Crippen molar-refractivity contribution in [2.45, 2.75) is 12.5 Å². The van der Waals surface area contributed by atoms with Crippen molar-refractivity contribution < 1.29 is 19.8 Å². The number of imidazole rings is 1. The Kier molecular flexibility index (Phi) is 4.07. The lowest BCUT2D eigenvalue weighted by molar-refractivity contribution is -0.138. The third kappa shape index (κ3) is 3.56. The van der Waals surface area contributed by atoms with Gasteiger partial charge in [0.1, 0.15) is 19.0 Å². The van der Waals surface area contributed by atoms with Gasteiger partial charge in [0, 0.05) is 6.42 Å². The van der Waals surface area contributed by atoms with Gasteiger partial charge in [0.05, 0.1) is 18.5 Å². The van der Waals surface area contributed by atoms with E-state index in [0.29, 0.717) is 5.69 Å². The van der Waals surface area contributed by atoms with E-state index >= 15 is 0 Å². The van der Waals surface area contributed by atoms with Crippen LogP contribution in [0.3, 0.4) is 0 Å². The molecule has 84 valence electrons. The molecule has 7 nitrogen and oxygen atoms in total. The molecule has 0 aromatic carbocycles. The summed E-state index contributed by atoms with van der Waals surface area (Å²) in [7, 11) is 0. The number of aliphatic hydroxyl groups excluding tert-OH is 1. The highest BCUT2D eigenvalue weighted by molar-refractivity contribution is 5.73. The van der Waals surface area contributed by atoms with Gasteiger partial charge in [0.2, 0.25) is 0 Å². The zero-order valence-corrected chi connectivity index (χ0v) is 8.04. The van der Waals surface area contributed by atoms with Crippen LogP contribution < -0.4 is 10.6 Å². The summed E-state index contributed by atoms with van der Waals surface area (Å²) in [5.74, 6) is -1.07. The molecule has 0 aliphatic rings. The summed E-state index contributed by atoms with van der Waals surface area (Å²) in [5.41, 5.74) is 5.86. The summed E-state index contributed by atoms with van der Waals surface area (Å²) >= 11 is 0. The third-order valence-electron chi connectivity index (χ3n) is 1.69. The van der Waals surface area contributed by atoms with Gasteiger partial charge in [0.15, 0.2) is 0 Å². The number of aliphatic carboxylic acids is 1. The van der Waals surface area contributed by atoms with Crippen molar-refractivity contribution in [3.05, 3.63) is 18.2 Å². The van der Waals surface area contributed by atoms with E-state index in [9.17, 15) is 4.79 Å². The van der Waals surface area contributed by atoms with E-state index in [1.165, 1.54) is 17.3 Å². The molecule has 1 rings (SSSR count). The van der Waals surface area contributed by atoms with Gasteiger partial charge in [-0.2, -0.15) is 4.73 Å². The first kappa shape index (κ1) is 11.5. The van der Waals surface area contributed by atoms with Gasteiger partial charge in [-0.25, -0.2) is 4.98 Å². The number of hydrogen-bond acceptors (Lipinski definition) is 5. The van der Waals surface area contributed by atoms with Crippen LogP contribution in [-0.4, -0.2) is 45.2 Å². The molecule has 0 saturated heterocycles. The van der Waals surface area contributed by atoms with Crippen LogP contribution in [0.5, 0.6) is 0 Å². The molecule has 7 heteroatoms. The third-order valence-corrected chi connectivity index (χ3v) is 1.69. The minimum atomic E-state index is -1.07. The molecular weight excluding hydrogens is 202 g/mol. The minimum Gasteiger partial charge on any atom is -0.480 e. The first-order valence-corrected chi connectivity index (χ1v) is 4.39. The molecule has 0 fully saturated rings. The fourth-order valence-electron chi connectivity index (χ4n) is 0.979. The monoisotopic (exact) mass is 215 g/mol. The molecule has 15 heavy (non-hydrogen) atoms. The highest BCUT2D eigenvalue weighted by atomic mass is 16.7. The lowest BCUT2D eigenvalue weighted by atomic mass is 10.2. The molecule has 1 aromatic heterocycles. The maximum absolute atomic E-state index is 10.5. The van der Waals surface area contributed by atoms with Crippen molar-refractivity contribution in [3.63, 3.8) is 0 Å². The Hall–Kier alpha value is -1.60. The second-order valence-corrected chi connectivity index (χ2v) is 2.93. The molecule has 1 heterocycles. The van der Waals surface area contributed by atoms with Crippen LogP contribution in [0.25, 0.3) is 0 Å². The van der Waals surface area contributed by atoms with Gasteiger partial charge in [-0.3, -0.25) is 4.79 Å². The lowest BCUT2D eigenvalue weighted by Crippen LogP contribution is -2.32. The van der Waals surface area contributed by atoms with Crippen molar-refractivity contribution in [1.29, 1.82) is 0 Å². The van der Waals surface area contributed by atoms with Crippen LogP contribution in [0, 0.1) is 0 Å². The maximum atomic E-state index is 10.5. The zero-order chi connectivity index (χ0) is 11.3. The highest BCUT2D eigenvalue weighted by Crippen LogP contribution is 1.98. The van der Waals surface area contributed by atoms with Crippen molar-refractivity contribution in [1.82, 2.24) is 9.71 Å². The average molecular weight is 215 g/mol. The minimum absolute atomic E-state index is 0.0951. The topological polar surface area (TPSA) is 111 Å². The van der Waals surface area contributed by atoms with E-state index < -0.39 is 12.0 Å². The molecule has 0 spiro atoms. The molecule has 4 N–H and O–H groups in total. The van der Waals surface area contributed by atoms with Gasteiger partial charge < -0.3 is 20.8 Å². The fraction of sp³-hybridized carbons (Fsp3) is 0.500. The number of nitrogens with zero attached hydrogens (tertiary/aromatic N) is 2. The summed E-state index contributed by atoms with van der Waals surface area (Å²) in [6.45, 7) is 0.0585. The van der Waals surface area contributed by atoms with E-state index in [2.05, 4.69) is 4.98 Å². The molecule has 0 saturated carbocycles. The predicted molar refractivity (Wildman–Crippen MR) is 50.1 cm³/mol. The van der Waals surface area contributed by atoms with E-state index in [4.69, 9.17) is 20.8 Å².